The lowest BCUT2D eigenvalue weighted by atomic mass is 10.00. The maximum Gasteiger partial charge on any atom is 0.410 e. The Balaban J connectivity index is 1.67. The van der Waals surface area contributed by atoms with Crippen LogP contribution in [0.2, 0.25) is 0 Å². The van der Waals surface area contributed by atoms with Gasteiger partial charge in [0, 0.05) is 19.4 Å². The van der Waals surface area contributed by atoms with Crippen LogP contribution in [0.1, 0.15) is 38.3 Å². The largest absolute Gasteiger partial charge is 0.446 e. The third-order valence-electron chi connectivity index (χ3n) is 4.84. The summed E-state index contributed by atoms with van der Waals surface area (Å²) in [5, 5.41) is 9.45. The van der Waals surface area contributed by atoms with Crippen molar-refractivity contribution in [2.24, 2.45) is 0 Å². The maximum atomic E-state index is 13.0. The molecule has 0 aliphatic carbocycles. The minimum atomic E-state index is -0.476. The second kappa shape index (κ2) is 7.87. The fourth-order valence-electron chi connectivity index (χ4n) is 3.32. The van der Waals surface area contributed by atoms with E-state index in [9.17, 15) is 14.3 Å². The van der Waals surface area contributed by atoms with E-state index < -0.39 is 6.10 Å². The van der Waals surface area contributed by atoms with E-state index in [1.54, 1.807) is 24.0 Å². The first kappa shape index (κ1) is 18.4. The number of benzene rings is 2. The summed E-state index contributed by atoms with van der Waals surface area (Å²) in [6, 6.07) is 14.2. The Morgan fingerprint density at radius 2 is 1.69 bits per heavy atom. The third kappa shape index (κ3) is 4.22. The summed E-state index contributed by atoms with van der Waals surface area (Å²) in [5.74, 6) is -0.253. The summed E-state index contributed by atoms with van der Waals surface area (Å²) in [6.45, 7) is 4.28. The van der Waals surface area contributed by atoms with Crippen LogP contribution in [0.15, 0.2) is 48.5 Å². The van der Waals surface area contributed by atoms with Gasteiger partial charge in [-0.3, -0.25) is 0 Å². The summed E-state index contributed by atoms with van der Waals surface area (Å²) in [5.41, 5.74) is 2.96. The molecule has 0 spiro atoms. The molecule has 0 bridgehead atoms. The molecule has 3 rings (SSSR count). The van der Waals surface area contributed by atoms with Gasteiger partial charge in [0.25, 0.3) is 0 Å². The second-order valence-corrected chi connectivity index (χ2v) is 6.88. The molecule has 1 amide bonds. The molecule has 0 radical (unpaired) electrons. The van der Waals surface area contributed by atoms with Crippen LogP contribution in [0.4, 0.5) is 9.18 Å². The van der Waals surface area contributed by atoms with Crippen molar-refractivity contribution in [3.05, 3.63) is 59.9 Å². The van der Waals surface area contributed by atoms with Gasteiger partial charge < -0.3 is 14.7 Å². The highest BCUT2D eigenvalue weighted by atomic mass is 19.1. The van der Waals surface area contributed by atoms with Crippen LogP contribution in [0, 0.1) is 5.82 Å². The zero-order valence-corrected chi connectivity index (χ0v) is 15.1. The third-order valence-corrected chi connectivity index (χ3v) is 4.84. The number of hydrogen-bond acceptors (Lipinski definition) is 3. The van der Waals surface area contributed by atoms with Crippen molar-refractivity contribution in [2.45, 2.75) is 44.9 Å². The number of carbonyl (C=O) groups is 1. The molecule has 3 atom stereocenters. The lowest BCUT2D eigenvalue weighted by molar-refractivity contribution is -0.00588. The number of cyclic esters (lactones) is 1. The molecule has 2 aromatic rings. The van der Waals surface area contributed by atoms with E-state index in [0.717, 1.165) is 16.7 Å². The van der Waals surface area contributed by atoms with E-state index in [2.05, 4.69) is 0 Å². The molecule has 5 heteroatoms. The Morgan fingerprint density at radius 1 is 1.12 bits per heavy atom. The zero-order valence-electron chi connectivity index (χ0n) is 15.1. The average Bonchev–Trinajstić information content (AvgIpc) is 2.62. The molecule has 3 unspecified atom stereocenters. The summed E-state index contributed by atoms with van der Waals surface area (Å²) >= 11 is 0. The van der Waals surface area contributed by atoms with Crippen molar-refractivity contribution in [3.63, 3.8) is 0 Å². The van der Waals surface area contributed by atoms with Crippen LogP contribution in [-0.4, -0.2) is 34.9 Å². The number of rotatable bonds is 5. The van der Waals surface area contributed by atoms with Gasteiger partial charge in [0.15, 0.2) is 0 Å². The van der Waals surface area contributed by atoms with E-state index in [0.29, 0.717) is 19.4 Å². The smallest absolute Gasteiger partial charge is 0.410 e. The first-order chi connectivity index (χ1) is 12.4. The number of aliphatic hydroxyl groups is 1. The zero-order chi connectivity index (χ0) is 18.7. The number of amides is 1. The summed E-state index contributed by atoms with van der Waals surface area (Å²) in [4.78, 5) is 14.0. The minimum Gasteiger partial charge on any atom is -0.446 e. The van der Waals surface area contributed by atoms with Gasteiger partial charge in [-0.2, -0.15) is 0 Å². The first-order valence-electron chi connectivity index (χ1n) is 8.95. The van der Waals surface area contributed by atoms with Crippen LogP contribution in [0.3, 0.4) is 0 Å². The lowest BCUT2D eigenvalue weighted by Crippen LogP contribution is -2.43. The Morgan fingerprint density at radius 3 is 2.23 bits per heavy atom. The summed E-state index contributed by atoms with van der Waals surface area (Å²) in [6.07, 6.45) is 0.161. The molecule has 4 nitrogen and oxygen atoms in total. The predicted octanol–water partition coefficient (Wildman–Crippen LogP) is 4.54. The van der Waals surface area contributed by atoms with Crippen LogP contribution in [0.5, 0.6) is 0 Å². The van der Waals surface area contributed by atoms with Gasteiger partial charge in [-0.15, -0.1) is 0 Å². The summed E-state index contributed by atoms with van der Waals surface area (Å²) < 4.78 is 18.5. The van der Waals surface area contributed by atoms with Crippen LogP contribution in [0.25, 0.3) is 11.1 Å². The molecule has 1 aliphatic heterocycles. The Bertz CT molecular complexity index is 743. The average molecular weight is 357 g/mol. The van der Waals surface area contributed by atoms with E-state index in [1.165, 1.54) is 12.1 Å². The van der Waals surface area contributed by atoms with Gasteiger partial charge in [0.05, 0.1) is 12.1 Å². The number of hydrogen-bond donors (Lipinski definition) is 1. The molecule has 26 heavy (non-hydrogen) atoms. The van der Waals surface area contributed by atoms with Crippen LogP contribution < -0.4 is 0 Å². The molecular formula is C21H24FNO3. The fraction of sp³-hybridized carbons (Fsp3) is 0.381. The highest BCUT2D eigenvalue weighted by Gasteiger charge is 2.31. The number of nitrogens with zero attached hydrogens (tertiary/aromatic N) is 1. The van der Waals surface area contributed by atoms with E-state index in [4.69, 9.17) is 4.74 Å². The van der Waals surface area contributed by atoms with Crippen molar-refractivity contribution in [3.8, 4) is 11.1 Å². The fourth-order valence-corrected chi connectivity index (χ4v) is 3.32. The Kier molecular flexibility index (Phi) is 5.57. The van der Waals surface area contributed by atoms with Crippen LogP contribution >= 0.6 is 0 Å². The molecule has 0 saturated carbocycles. The lowest BCUT2D eigenvalue weighted by Gasteiger charge is -2.36. The predicted molar refractivity (Wildman–Crippen MR) is 98.1 cm³/mol. The van der Waals surface area contributed by atoms with Gasteiger partial charge in [0.2, 0.25) is 0 Å². The van der Waals surface area contributed by atoms with Crippen LogP contribution in [-0.2, 0) is 4.74 Å². The van der Waals surface area contributed by atoms with E-state index >= 15 is 0 Å². The molecule has 1 saturated heterocycles. The molecule has 138 valence electrons. The Labute approximate surface area is 153 Å². The molecular weight excluding hydrogens is 333 g/mol. The normalized spacial score (nSPS) is 19.8. The van der Waals surface area contributed by atoms with Gasteiger partial charge >= 0.3 is 6.09 Å². The topological polar surface area (TPSA) is 49.8 Å². The van der Waals surface area contributed by atoms with Crippen molar-refractivity contribution in [1.29, 1.82) is 0 Å². The molecule has 1 fully saturated rings. The van der Waals surface area contributed by atoms with Gasteiger partial charge in [-0.1, -0.05) is 36.4 Å². The van der Waals surface area contributed by atoms with Crippen molar-refractivity contribution in [1.82, 2.24) is 4.90 Å². The number of aliphatic hydroxyl groups excluding tert-OH is 1. The summed E-state index contributed by atoms with van der Waals surface area (Å²) in [7, 11) is 0. The van der Waals surface area contributed by atoms with Gasteiger partial charge in [0.1, 0.15) is 11.9 Å². The molecule has 1 aliphatic rings. The highest BCUT2D eigenvalue weighted by molar-refractivity contribution is 5.69. The van der Waals surface area contributed by atoms with Crippen molar-refractivity contribution < 1.29 is 19.0 Å². The highest BCUT2D eigenvalue weighted by Crippen LogP contribution is 2.28. The van der Waals surface area contributed by atoms with E-state index in [-0.39, 0.29) is 24.1 Å². The monoisotopic (exact) mass is 357 g/mol. The molecule has 1 N–H and O–H groups in total. The number of carbonyl (C=O) groups excluding carboxylic acids is 1. The minimum absolute atomic E-state index is 0.0998. The standard InChI is InChI=1S/C21H24FNO3/c1-14(24)13-20-11-12-23(21(25)26-20)15(2)16-3-5-17(6-4-16)18-7-9-19(22)10-8-18/h3-10,14-15,20,24H,11-13H2,1-2H3. The second-order valence-electron chi connectivity index (χ2n) is 6.88. The van der Waals surface area contributed by atoms with Gasteiger partial charge in [-0.25, -0.2) is 9.18 Å². The van der Waals surface area contributed by atoms with Crippen molar-refractivity contribution >= 4 is 6.09 Å². The molecule has 1 heterocycles. The van der Waals surface area contributed by atoms with E-state index in [1.807, 2.05) is 31.2 Å². The Hall–Kier alpha value is -2.40. The maximum absolute atomic E-state index is 13.0. The first-order valence-corrected chi connectivity index (χ1v) is 8.95. The van der Waals surface area contributed by atoms with Crippen molar-refractivity contribution in [2.75, 3.05) is 6.54 Å². The SMILES string of the molecule is CC(O)CC1CCN(C(C)c2ccc(-c3ccc(F)cc3)cc2)C(=O)O1. The molecule has 2 aromatic carbocycles. The number of ether oxygens (including phenoxy) is 1. The number of halogens is 1. The molecule has 0 aromatic heterocycles. The quantitative estimate of drug-likeness (QED) is 0.855. The van der Waals surface area contributed by atoms with Gasteiger partial charge in [-0.05, 0) is 42.7 Å².